The Kier molecular flexibility index (Phi) is 4.70. The summed E-state index contributed by atoms with van der Waals surface area (Å²) in [6, 6.07) is 3.50. The van der Waals surface area contributed by atoms with Crippen LogP contribution in [-0.2, 0) is 9.59 Å². The molecular weight excluding hydrogens is 384 g/mol. The lowest BCUT2D eigenvalue weighted by Gasteiger charge is -2.22. The highest BCUT2D eigenvalue weighted by Crippen LogP contribution is 2.37. The van der Waals surface area contributed by atoms with E-state index in [9.17, 15) is 27.2 Å². The van der Waals surface area contributed by atoms with Gasteiger partial charge in [0, 0.05) is 10.0 Å². The maximum absolute atomic E-state index is 13.8. The molecule has 2 rings (SSSR count). The highest BCUT2D eigenvalue weighted by Gasteiger charge is 2.55. The van der Waals surface area contributed by atoms with Gasteiger partial charge in [0.15, 0.2) is 0 Å². The summed E-state index contributed by atoms with van der Waals surface area (Å²) in [6.45, 7) is 1.51. The molecule has 0 saturated heterocycles. The number of carbonyl (C=O) groups excluding carboxylic acids is 2. The lowest BCUT2D eigenvalue weighted by Crippen LogP contribution is -2.53. The first-order chi connectivity index (χ1) is 10.5. The van der Waals surface area contributed by atoms with E-state index < -0.39 is 35.4 Å². The Hall–Kier alpha value is -1.64. The minimum absolute atomic E-state index is 0.107. The zero-order chi connectivity index (χ0) is 17.4. The fourth-order valence-electron chi connectivity index (χ4n) is 2.09. The van der Waals surface area contributed by atoms with Gasteiger partial charge in [0.05, 0.1) is 6.04 Å². The molecule has 1 aromatic carbocycles. The number of carbonyl (C=O) groups is 2. The molecule has 1 aromatic rings. The second-order valence-corrected chi connectivity index (χ2v) is 6.31. The van der Waals surface area contributed by atoms with Crippen molar-refractivity contribution >= 4 is 27.7 Å². The van der Waals surface area contributed by atoms with E-state index in [1.807, 2.05) is 0 Å². The molecule has 1 saturated carbocycles. The molecule has 23 heavy (non-hydrogen) atoms. The molecule has 0 aliphatic heterocycles. The Labute approximate surface area is 137 Å². The molecule has 1 aliphatic carbocycles. The molecule has 1 aliphatic rings. The summed E-state index contributed by atoms with van der Waals surface area (Å²) in [4.78, 5) is 23.1. The third kappa shape index (κ3) is 4.01. The summed E-state index contributed by atoms with van der Waals surface area (Å²) >= 11 is 3.10. The van der Waals surface area contributed by atoms with Crippen LogP contribution in [0, 0.1) is 5.82 Å². The van der Waals surface area contributed by atoms with Gasteiger partial charge in [0.25, 0.3) is 0 Å². The Balaban J connectivity index is 2.05. The van der Waals surface area contributed by atoms with Gasteiger partial charge in [-0.25, -0.2) is 4.39 Å². The molecule has 126 valence electrons. The van der Waals surface area contributed by atoms with Crippen molar-refractivity contribution in [1.82, 2.24) is 10.6 Å². The second kappa shape index (κ2) is 6.10. The topological polar surface area (TPSA) is 58.2 Å². The van der Waals surface area contributed by atoms with E-state index in [0.717, 1.165) is 0 Å². The summed E-state index contributed by atoms with van der Waals surface area (Å²) < 4.78 is 51.2. The Bertz CT molecular complexity index is 644. The van der Waals surface area contributed by atoms with E-state index >= 15 is 0 Å². The molecule has 2 N–H and O–H groups in total. The number of hydrogen-bond acceptors (Lipinski definition) is 2. The lowest BCUT2D eigenvalue weighted by molar-refractivity contribution is -0.175. The number of nitrogens with one attached hydrogen (secondary N) is 2. The fourth-order valence-corrected chi connectivity index (χ4v) is 2.42. The Morgan fingerprint density at radius 2 is 1.91 bits per heavy atom. The van der Waals surface area contributed by atoms with Gasteiger partial charge in [-0.05, 0) is 31.9 Å². The Morgan fingerprint density at radius 3 is 2.39 bits per heavy atom. The van der Waals surface area contributed by atoms with E-state index in [1.54, 1.807) is 11.4 Å². The predicted octanol–water partition coefficient (Wildman–Crippen LogP) is 2.98. The zero-order valence-corrected chi connectivity index (χ0v) is 13.5. The van der Waals surface area contributed by atoms with Gasteiger partial charge in [0.1, 0.15) is 11.4 Å². The van der Waals surface area contributed by atoms with E-state index in [1.165, 1.54) is 19.1 Å². The molecule has 1 fully saturated rings. The summed E-state index contributed by atoms with van der Waals surface area (Å²) in [7, 11) is 0. The summed E-state index contributed by atoms with van der Waals surface area (Å²) in [6.07, 6.45) is -4.84. The molecule has 0 radical (unpaired) electrons. The standard InChI is InChI=1S/C14H13BrF4N2O2/c1-7(9-3-2-8(15)6-10(9)16)20-11(22)13(4-5-13)21-12(23)14(17,18)19/h2-3,6-7H,4-5H2,1H3,(H,20,22)(H,21,23). The lowest BCUT2D eigenvalue weighted by atomic mass is 10.1. The fraction of sp³-hybridized carbons (Fsp3) is 0.429. The van der Waals surface area contributed by atoms with Crippen LogP contribution in [0.1, 0.15) is 31.4 Å². The normalized spacial score (nSPS) is 17.3. The largest absolute Gasteiger partial charge is 0.471 e. The van der Waals surface area contributed by atoms with Crippen LogP contribution in [0.25, 0.3) is 0 Å². The van der Waals surface area contributed by atoms with Crippen LogP contribution in [-0.4, -0.2) is 23.5 Å². The van der Waals surface area contributed by atoms with Crippen LogP contribution in [0.5, 0.6) is 0 Å². The highest BCUT2D eigenvalue weighted by atomic mass is 79.9. The minimum atomic E-state index is -5.06. The van der Waals surface area contributed by atoms with Crippen LogP contribution < -0.4 is 10.6 Å². The molecule has 4 nitrogen and oxygen atoms in total. The average molecular weight is 397 g/mol. The van der Waals surface area contributed by atoms with Crippen molar-refractivity contribution in [2.24, 2.45) is 0 Å². The molecule has 9 heteroatoms. The molecule has 0 heterocycles. The number of rotatable bonds is 4. The molecular formula is C14H13BrF4N2O2. The van der Waals surface area contributed by atoms with Crippen molar-refractivity contribution in [3.05, 3.63) is 34.1 Å². The van der Waals surface area contributed by atoms with E-state index in [4.69, 9.17) is 0 Å². The smallest absolute Gasteiger partial charge is 0.347 e. The van der Waals surface area contributed by atoms with Crippen molar-refractivity contribution in [1.29, 1.82) is 0 Å². The summed E-state index contributed by atoms with van der Waals surface area (Å²) in [5.74, 6) is -3.48. The molecule has 2 amide bonds. The van der Waals surface area contributed by atoms with Crippen LogP contribution in [0.2, 0.25) is 0 Å². The molecule has 0 spiro atoms. The maximum Gasteiger partial charge on any atom is 0.471 e. The number of alkyl halides is 3. The zero-order valence-electron chi connectivity index (χ0n) is 11.9. The quantitative estimate of drug-likeness (QED) is 0.768. The first-order valence-electron chi connectivity index (χ1n) is 6.70. The Morgan fingerprint density at radius 1 is 1.30 bits per heavy atom. The molecule has 1 unspecified atom stereocenters. The first-order valence-corrected chi connectivity index (χ1v) is 7.50. The van der Waals surface area contributed by atoms with Crippen molar-refractivity contribution in [2.75, 3.05) is 0 Å². The summed E-state index contributed by atoms with van der Waals surface area (Å²) in [5.41, 5.74) is -1.37. The van der Waals surface area contributed by atoms with Gasteiger partial charge in [-0.3, -0.25) is 9.59 Å². The average Bonchev–Trinajstić information content (AvgIpc) is 3.18. The van der Waals surface area contributed by atoms with Crippen LogP contribution in [0.3, 0.4) is 0 Å². The molecule has 0 aromatic heterocycles. The molecule has 1 atom stereocenters. The van der Waals surface area contributed by atoms with Crippen LogP contribution >= 0.6 is 15.9 Å². The highest BCUT2D eigenvalue weighted by molar-refractivity contribution is 9.10. The van der Waals surface area contributed by atoms with Crippen molar-refractivity contribution in [3.8, 4) is 0 Å². The molecule has 0 bridgehead atoms. The predicted molar refractivity (Wildman–Crippen MR) is 76.8 cm³/mol. The van der Waals surface area contributed by atoms with Gasteiger partial charge in [-0.1, -0.05) is 22.0 Å². The van der Waals surface area contributed by atoms with Gasteiger partial charge >= 0.3 is 12.1 Å². The third-order valence-corrected chi connectivity index (χ3v) is 4.06. The number of halogens is 5. The van der Waals surface area contributed by atoms with E-state index in [2.05, 4.69) is 21.2 Å². The first kappa shape index (κ1) is 17.7. The summed E-state index contributed by atoms with van der Waals surface area (Å²) in [5, 5.41) is 4.15. The van der Waals surface area contributed by atoms with Gasteiger partial charge in [-0.15, -0.1) is 0 Å². The second-order valence-electron chi connectivity index (χ2n) is 5.39. The minimum Gasteiger partial charge on any atom is -0.347 e. The third-order valence-electron chi connectivity index (χ3n) is 3.57. The van der Waals surface area contributed by atoms with E-state index in [0.29, 0.717) is 4.47 Å². The maximum atomic E-state index is 13.8. The SMILES string of the molecule is CC(NC(=O)C1(NC(=O)C(F)(F)F)CC1)c1ccc(Br)cc1F. The van der Waals surface area contributed by atoms with Crippen LogP contribution in [0.15, 0.2) is 22.7 Å². The van der Waals surface area contributed by atoms with Crippen molar-refractivity contribution in [2.45, 2.75) is 37.5 Å². The van der Waals surface area contributed by atoms with Crippen molar-refractivity contribution < 1.29 is 27.2 Å². The van der Waals surface area contributed by atoms with Crippen molar-refractivity contribution in [3.63, 3.8) is 0 Å². The van der Waals surface area contributed by atoms with Crippen LogP contribution in [0.4, 0.5) is 17.6 Å². The van der Waals surface area contributed by atoms with E-state index in [-0.39, 0.29) is 18.4 Å². The van der Waals surface area contributed by atoms with Gasteiger partial charge in [0.2, 0.25) is 5.91 Å². The number of hydrogen-bond donors (Lipinski definition) is 2. The number of benzene rings is 1. The van der Waals surface area contributed by atoms with Gasteiger partial charge in [-0.2, -0.15) is 13.2 Å². The monoisotopic (exact) mass is 396 g/mol. The number of amides is 2. The van der Waals surface area contributed by atoms with Gasteiger partial charge < -0.3 is 10.6 Å².